The third kappa shape index (κ3) is 6.07. The van der Waals surface area contributed by atoms with Crippen LogP contribution in [0.4, 0.5) is 10.6 Å². The van der Waals surface area contributed by atoms with Crippen LogP contribution in [0.5, 0.6) is 0 Å². The zero-order valence-corrected chi connectivity index (χ0v) is 21.9. The molecule has 2 saturated heterocycles. The van der Waals surface area contributed by atoms with Crippen molar-refractivity contribution in [3.63, 3.8) is 0 Å². The van der Waals surface area contributed by atoms with Crippen LogP contribution in [0, 0.1) is 11.3 Å². The summed E-state index contributed by atoms with van der Waals surface area (Å²) >= 11 is 6.55. The van der Waals surface area contributed by atoms with Crippen molar-refractivity contribution in [2.24, 2.45) is 11.3 Å². The number of aromatic nitrogens is 1. The second-order valence-electron chi connectivity index (χ2n) is 10.9. The standard InChI is InChI=1S/C20H26ClN3O2.C7H10O2/c1-20(2,3)26-19(25)24-7-5-13(6-8-24)16-9-14-11-18(22-4)23-12-15(14)10-17(16)21;8-4-6-3-7(6)1-2-9-5-7/h9-13H,5-8H2,1-4H3,(H,22,23);4,6H,1-3,5H2. The molecule has 35 heavy (non-hydrogen) atoms. The van der Waals surface area contributed by atoms with Crippen molar-refractivity contribution >= 4 is 40.6 Å². The Hall–Kier alpha value is -2.38. The summed E-state index contributed by atoms with van der Waals surface area (Å²) in [6.45, 7) is 8.74. The van der Waals surface area contributed by atoms with Crippen molar-refractivity contribution in [3.8, 4) is 0 Å². The number of hydrogen-bond acceptors (Lipinski definition) is 6. The number of amides is 1. The second-order valence-corrected chi connectivity index (χ2v) is 11.3. The van der Waals surface area contributed by atoms with Crippen LogP contribution in [-0.2, 0) is 14.3 Å². The minimum Gasteiger partial charge on any atom is -0.444 e. The van der Waals surface area contributed by atoms with E-state index in [2.05, 4.69) is 16.4 Å². The quantitative estimate of drug-likeness (QED) is 0.547. The number of hydrogen-bond donors (Lipinski definition) is 1. The average Bonchev–Trinajstić information content (AvgIpc) is 3.31. The van der Waals surface area contributed by atoms with Crippen molar-refractivity contribution in [1.29, 1.82) is 0 Å². The molecule has 1 N–H and O–H groups in total. The number of carbonyl (C=O) groups is 2. The predicted molar refractivity (Wildman–Crippen MR) is 138 cm³/mol. The molecule has 3 aliphatic rings. The lowest BCUT2D eigenvalue weighted by Gasteiger charge is -2.34. The maximum absolute atomic E-state index is 12.2. The molecule has 2 atom stereocenters. The summed E-state index contributed by atoms with van der Waals surface area (Å²) in [6.07, 6.45) is 6.64. The number of piperidine rings is 1. The van der Waals surface area contributed by atoms with Gasteiger partial charge in [-0.05, 0) is 81.5 Å². The van der Waals surface area contributed by atoms with Crippen molar-refractivity contribution in [1.82, 2.24) is 9.88 Å². The number of fused-ring (bicyclic) bond motifs is 1. The zero-order valence-electron chi connectivity index (χ0n) is 21.1. The monoisotopic (exact) mass is 501 g/mol. The zero-order chi connectivity index (χ0) is 25.2. The molecule has 1 spiro atoms. The first kappa shape index (κ1) is 25.7. The Labute approximate surface area is 212 Å². The van der Waals surface area contributed by atoms with Crippen molar-refractivity contribution in [2.75, 3.05) is 38.7 Å². The third-order valence-electron chi connectivity index (χ3n) is 7.23. The van der Waals surface area contributed by atoms with E-state index in [1.807, 2.05) is 46.1 Å². The first-order valence-electron chi connectivity index (χ1n) is 12.4. The van der Waals surface area contributed by atoms with Crippen molar-refractivity contribution in [2.45, 2.75) is 58.0 Å². The molecule has 3 fully saturated rings. The number of likely N-dealkylation sites (tertiary alicyclic amines) is 1. The molecule has 5 rings (SSSR count). The number of benzene rings is 1. The predicted octanol–water partition coefficient (Wildman–Crippen LogP) is 5.66. The van der Waals surface area contributed by atoms with Crippen LogP contribution in [0.1, 0.15) is 57.9 Å². The molecule has 1 amide bonds. The minimum atomic E-state index is -0.464. The van der Waals surface area contributed by atoms with E-state index in [1.165, 1.54) is 0 Å². The van der Waals surface area contributed by atoms with Crippen molar-refractivity contribution in [3.05, 3.63) is 35.0 Å². The van der Waals surface area contributed by atoms with Crippen LogP contribution in [0.3, 0.4) is 0 Å². The van der Waals surface area contributed by atoms with Gasteiger partial charge in [-0.1, -0.05) is 11.6 Å². The fourth-order valence-electron chi connectivity index (χ4n) is 4.98. The van der Waals surface area contributed by atoms with Crippen LogP contribution in [0.15, 0.2) is 24.4 Å². The van der Waals surface area contributed by atoms with Crippen LogP contribution in [0.25, 0.3) is 10.8 Å². The summed E-state index contributed by atoms with van der Waals surface area (Å²) in [5.41, 5.74) is 1.01. The molecule has 2 unspecified atom stereocenters. The normalized spacial score (nSPS) is 24.1. The highest BCUT2D eigenvalue weighted by molar-refractivity contribution is 6.32. The first-order valence-corrected chi connectivity index (χ1v) is 12.8. The Balaban J connectivity index is 0.000000266. The molecular formula is C27H36ClN3O4. The number of rotatable bonds is 3. The largest absolute Gasteiger partial charge is 0.444 e. The van der Waals surface area contributed by atoms with Crippen molar-refractivity contribution < 1.29 is 19.1 Å². The number of carbonyl (C=O) groups excluding carboxylic acids is 2. The fraction of sp³-hybridized carbons (Fsp3) is 0.593. The molecule has 8 heteroatoms. The molecule has 190 valence electrons. The van der Waals surface area contributed by atoms with Gasteiger partial charge in [-0.15, -0.1) is 0 Å². The highest BCUT2D eigenvalue weighted by Crippen LogP contribution is 2.56. The van der Waals surface area contributed by atoms with Crippen LogP contribution >= 0.6 is 11.6 Å². The molecule has 2 aliphatic heterocycles. The Morgan fingerprint density at radius 2 is 2.00 bits per heavy atom. The summed E-state index contributed by atoms with van der Waals surface area (Å²) in [4.78, 5) is 28.6. The molecule has 1 saturated carbocycles. The lowest BCUT2D eigenvalue weighted by molar-refractivity contribution is -0.109. The fourth-order valence-corrected chi connectivity index (χ4v) is 5.31. The SMILES string of the molecule is CNc1cc2cc(C3CCN(C(=O)OC(C)(C)C)CC3)c(Cl)cc2cn1.O=CC1CC12CCOC2. The molecule has 3 heterocycles. The number of ether oxygens (including phenoxy) is 2. The van der Waals surface area contributed by atoms with Crippen LogP contribution in [0.2, 0.25) is 5.02 Å². The average molecular weight is 502 g/mol. The van der Waals surface area contributed by atoms with Gasteiger partial charge in [0.2, 0.25) is 0 Å². The summed E-state index contributed by atoms with van der Waals surface area (Å²) in [5, 5.41) is 5.99. The van der Waals surface area contributed by atoms with E-state index in [0.29, 0.717) is 30.3 Å². The number of pyridine rings is 1. The highest BCUT2D eigenvalue weighted by Gasteiger charge is 2.56. The summed E-state index contributed by atoms with van der Waals surface area (Å²) < 4.78 is 10.7. The Morgan fingerprint density at radius 1 is 1.26 bits per heavy atom. The van der Waals surface area contributed by atoms with E-state index in [-0.39, 0.29) is 6.09 Å². The van der Waals surface area contributed by atoms with Gasteiger partial charge in [0.1, 0.15) is 17.7 Å². The van der Waals surface area contributed by atoms with Gasteiger partial charge in [0.05, 0.1) is 6.61 Å². The van der Waals surface area contributed by atoms with Gasteiger partial charge in [-0.3, -0.25) is 0 Å². The molecular weight excluding hydrogens is 466 g/mol. The maximum Gasteiger partial charge on any atom is 0.410 e. The van der Waals surface area contributed by atoms with E-state index in [0.717, 1.165) is 72.4 Å². The second kappa shape index (κ2) is 10.3. The Morgan fingerprint density at radius 3 is 2.57 bits per heavy atom. The number of halogens is 1. The number of anilines is 1. The lowest BCUT2D eigenvalue weighted by atomic mass is 9.88. The maximum atomic E-state index is 12.2. The lowest BCUT2D eigenvalue weighted by Crippen LogP contribution is -2.41. The van der Waals surface area contributed by atoms with Gasteiger partial charge in [0, 0.05) is 54.7 Å². The van der Waals surface area contributed by atoms with Gasteiger partial charge < -0.3 is 24.5 Å². The van der Waals surface area contributed by atoms with E-state index in [4.69, 9.17) is 21.1 Å². The highest BCUT2D eigenvalue weighted by atomic mass is 35.5. The molecule has 1 aromatic carbocycles. The van der Waals surface area contributed by atoms with E-state index >= 15 is 0 Å². The van der Waals surface area contributed by atoms with E-state index < -0.39 is 5.60 Å². The molecule has 1 aromatic heterocycles. The molecule has 7 nitrogen and oxygen atoms in total. The molecule has 2 aromatic rings. The van der Waals surface area contributed by atoms with E-state index in [9.17, 15) is 9.59 Å². The van der Waals surface area contributed by atoms with Gasteiger partial charge in [0.25, 0.3) is 0 Å². The van der Waals surface area contributed by atoms with Gasteiger partial charge >= 0.3 is 6.09 Å². The number of aldehydes is 1. The summed E-state index contributed by atoms with van der Waals surface area (Å²) in [7, 11) is 1.86. The Bertz CT molecular complexity index is 1070. The molecule has 0 radical (unpaired) electrons. The molecule has 0 bridgehead atoms. The van der Waals surface area contributed by atoms with Crippen LogP contribution in [-0.4, -0.2) is 61.2 Å². The van der Waals surface area contributed by atoms with Gasteiger partial charge in [-0.25, -0.2) is 9.78 Å². The third-order valence-corrected chi connectivity index (χ3v) is 7.56. The van der Waals surface area contributed by atoms with Gasteiger partial charge in [-0.2, -0.15) is 0 Å². The van der Waals surface area contributed by atoms with Crippen LogP contribution < -0.4 is 5.32 Å². The summed E-state index contributed by atoms with van der Waals surface area (Å²) in [6, 6.07) is 6.18. The smallest absolute Gasteiger partial charge is 0.410 e. The topological polar surface area (TPSA) is 80.8 Å². The van der Waals surface area contributed by atoms with Gasteiger partial charge in [0.15, 0.2) is 0 Å². The van der Waals surface area contributed by atoms with E-state index in [1.54, 1.807) is 4.90 Å². The Kier molecular flexibility index (Phi) is 7.57. The summed E-state index contributed by atoms with van der Waals surface area (Å²) in [5.74, 6) is 1.52. The minimum absolute atomic E-state index is 0.231. The first-order chi connectivity index (χ1) is 16.6. The number of nitrogens with one attached hydrogen (secondary N) is 1. The molecule has 1 aliphatic carbocycles. The number of nitrogens with zero attached hydrogens (tertiary/aromatic N) is 2.